The summed E-state index contributed by atoms with van der Waals surface area (Å²) >= 11 is 0. The van der Waals surface area contributed by atoms with Gasteiger partial charge in [0.25, 0.3) is 0 Å². The number of β-amino-alcohol motifs (C(OH)–C–C–N with tert-alkyl or cyclic N) is 1. The summed E-state index contributed by atoms with van der Waals surface area (Å²) in [4.78, 5) is 2.32. The number of nitrogens with zero attached hydrogens (tertiary/aromatic N) is 1. The Morgan fingerprint density at radius 3 is 2.56 bits per heavy atom. The standard InChI is InChI=1S/C14H23NO3/c16-13(11-3-4-11)9-15(10-13)7-12-8-17-14(18-12)5-1-2-6-14/h11-12,16H,1-10H2. The smallest absolute Gasteiger partial charge is 0.168 e. The lowest BCUT2D eigenvalue weighted by Gasteiger charge is -2.47. The molecular weight excluding hydrogens is 230 g/mol. The molecule has 0 aromatic heterocycles. The van der Waals surface area contributed by atoms with Crippen LogP contribution in [0.1, 0.15) is 38.5 Å². The van der Waals surface area contributed by atoms with Crippen LogP contribution in [0, 0.1) is 5.92 Å². The van der Waals surface area contributed by atoms with Crippen LogP contribution in [0.25, 0.3) is 0 Å². The lowest BCUT2D eigenvalue weighted by molar-refractivity contribution is -0.171. The van der Waals surface area contributed by atoms with Crippen molar-refractivity contribution in [2.75, 3.05) is 26.2 Å². The van der Waals surface area contributed by atoms with Crippen molar-refractivity contribution >= 4 is 0 Å². The van der Waals surface area contributed by atoms with Gasteiger partial charge >= 0.3 is 0 Å². The molecule has 0 bridgehead atoms. The van der Waals surface area contributed by atoms with Crippen molar-refractivity contribution in [2.24, 2.45) is 5.92 Å². The molecule has 4 heteroatoms. The summed E-state index contributed by atoms with van der Waals surface area (Å²) in [6.07, 6.45) is 7.25. The zero-order chi connectivity index (χ0) is 12.2. The Balaban J connectivity index is 1.27. The third-order valence-corrected chi connectivity index (χ3v) is 5.07. The van der Waals surface area contributed by atoms with E-state index in [1.807, 2.05) is 0 Å². The van der Waals surface area contributed by atoms with Gasteiger partial charge in [0, 0.05) is 32.5 Å². The van der Waals surface area contributed by atoms with Crippen molar-refractivity contribution in [2.45, 2.75) is 56.0 Å². The highest BCUT2D eigenvalue weighted by Crippen LogP contribution is 2.45. The van der Waals surface area contributed by atoms with Gasteiger partial charge in [-0.1, -0.05) is 0 Å². The van der Waals surface area contributed by atoms with Crippen molar-refractivity contribution < 1.29 is 14.6 Å². The molecule has 0 aromatic carbocycles. The number of hydrogen-bond acceptors (Lipinski definition) is 4. The minimum atomic E-state index is -0.371. The van der Waals surface area contributed by atoms with Gasteiger partial charge in [0.1, 0.15) is 0 Å². The van der Waals surface area contributed by atoms with Crippen LogP contribution >= 0.6 is 0 Å². The average molecular weight is 253 g/mol. The largest absolute Gasteiger partial charge is 0.387 e. The second-order valence-electron chi connectivity index (χ2n) is 6.72. The minimum absolute atomic E-state index is 0.215. The summed E-state index contributed by atoms with van der Waals surface area (Å²) in [6, 6.07) is 0. The molecule has 0 radical (unpaired) electrons. The molecule has 0 amide bonds. The second kappa shape index (κ2) is 3.92. The molecule has 1 N–H and O–H groups in total. The monoisotopic (exact) mass is 253 g/mol. The highest BCUT2D eigenvalue weighted by molar-refractivity contribution is 5.05. The summed E-state index contributed by atoms with van der Waals surface area (Å²) in [6.45, 7) is 3.34. The highest BCUT2D eigenvalue weighted by atomic mass is 16.7. The highest BCUT2D eigenvalue weighted by Gasteiger charge is 2.53. The lowest BCUT2D eigenvalue weighted by Crippen LogP contribution is -2.64. The molecule has 4 fully saturated rings. The molecule has 1 atom stereocenters. The van der Waals surface area contributed by atoms with Crippen molar-refractivity contribution in [1.29, 1.82) is 0 Å². The van der Waals surface area contributed by atoms with Crippen LogP contribution in [0.15, 0.2) is 0 Å². The van der Waals surface area contributed by atoms with E-state index in [2.05, 4.69) is 4.90 Å². The number of ether oxygens (including phenoxy) is 2. The number of hydrogen-bond donors (Lipinski definition) is 1. The average Bonchev–Trinajstić information content (AvgIpc) is 2.97. The van der Waals surface area contributed by atoms with Gasteiger partial charge in [-0.3, -0.25) is 4.90 Å². The maximum atomic E-state index is 10.3. The summed E-state index contributed by atoms with van der Waals surface area (Å²) in [5.41, 5.74) is -0.371. The normalized spacial score (nSPS) is 38.2. The van der Waals surface area contributed by atoms with E-state index < -0.39 is 0 Å². The molecular formula is C14H23NO3. The van der Waals surface area contributed by atoms with E-state index in [1.54, 1.807) is 0 Å². The summed E-state index contributed by atoms with van der Waals surface area (Å²) in [5, 5.41) is 10.3. The van der Waals surface area contributed by atoms with Gasteiger partial charge < -0.3 is 14.6 Å². The molecule has 4 rings (SSSR count). The lowest BCUT2D eigenvalue weighted by atomic mass is 9.88. The topological polar surface area (TPSA) is 41.9 Å². The van der Waals surface area contributed by atoms with E-state index in [0.717, 1.165) is 39.1 Å². The van der Waals surface area contributed by atoms with Gasteiger partial charge in [0.05, 0.1) is 18.3 Å². The Morgan fingerprint density at radius 2 is 1.89 bits per heavy atom. The molecule has 2 aliphatic carbocycles. The fraction of sp³-hybridized carbons (Fsp3) is 1.00. The molecule has 2 aliphatic heterocycles. The number of rotatable bonds is 3. The van der Waals surface area contributed by atoms with Gasteiger partial charge in [0.15, 0.2) is 5.79 Å². The summed E-state index contributed by atoms with van der Waals surface area (Å²) in [5.74, 6) is 0.346. The fourth-order valence-electron chi connectivity index (χ4n) is 3.91. The number of likely N-dealkylation sites (tertiary alicyclic amines) is 1. The van der Waals surface area contributed by atoms with Gasteiger partial charge in [0.2, 0.25) is 0 Å². The molecule has 2 saturated carbocycles. The molecule has 4 aliphatic rings. The van der Waals surface area contributed by atoms with E-state index in [4.69, 9.17) is 9.47 Å². The third kappa shape index (κ3) is 1.90. The Kier molecular flexibility index (Phi) is 2.54. The fourth-order valence-corrected chi connectivity index (χ4v) is 3.91. The van der Waals surface area contributed by atoms with Crippen molar-refractivity contribution in [3.8, 4) is 0 Å². The van der Waals surface area contributed by atoms with Crippen LogP contribution in [-0.2, 0) is 9.47 Å². The van der Waals surface area contributed by atoms with Crippen LogP contribution in [0.5, 0.6) is 0 Å². The maximum Gasteiger partial charge on any atom is 0.168 e. The van der Waals surface area contributed by atoms with Crippen molar-refractivity contribution in [1.82, 2.24) is 4.90 Å². The molecule has 102 valence electrons. The molecule has 0 aromatic rings. The zero-order valence-electron chi connectivity index (χ0n) is 10.9. The first-order valence-electron chi connectivity index (χ1n) is 7.44. The molecule has 2 saturated heterocycles. The van der Waals surface area contributed by atoms with E-state index in [0.29, 0.717) is 5.92 Å². The predicted molar refractivity (Wildman–Crippen MR) is 66.1 cm³/mol. The van der Waals surface area contributed by atoms with Crippen LogP contribution in [0.4, 0.5) is 0 Å². The Morgan fingerprint density at radius 1 is 1.17 bits per heavy atom. The first kappa shape index (κ1) is 11.6. The Labute approximate surface area is 108 Å². The van der Waals surface area contributed by atoms with Gasteiger partial charge in [-0.15, -0.1) is 0 Å². The zero-order valence-corrected chi connectivity index (χ0v) is 10.9. The van der Waals surface area contributed by atoms with Crippen LogP contribution in [0.3, 0.4) is 0 Å². The van der Waals surface area contributed by atoms with Crippen molar-refractivity contribution in [3.63, 3.8) is 0 Å². The quantitative estimate of drug-likeness (QED) is 0.818. The third-order valence-electron chi connectivity index (χ3n) is 5.07. The second-order valence-corrected chi connectivity index (χ2v) is 6.72. The summed E-state index contributed by atoms with van der Waals surface area (Å²) < 4.78 is 12.0. The van der Waals surface area contributed by atoms with Crippen LogP contribution < -0.4 is 0 Å². The van der Waals surface area contributed by atoms with E-state index >= 15 is 0 Å². The Hall–Kier alpha value is -0.160. The van der Waals surface area contributed by atoms with E-state index in [-0.39, 0.29) is 17.5 Å². The molecule has 4 nitrogen and oxygen atoms in total. The molecule has 1 spiro atoms. The Bertz CT molecular complexity index is 330. The minimum Gasteiger partial charge on any atom is -0.387 e. The maximum absolute atomic E-state index is 10.3. The predicted octanol–water partition coefficient (Wildman–Crippen LogP) is 1.13. The van der Waals surface area contributed by atoms with Gasteiger partial charge in [-0.05, 0) is 31.6 Å². The van der Waals surface area contributed by atoms with E-state index in [9.17, 15) is 5.11 Å². The van der Waals surface area contributed by atoms with E-state index in [1.165, 1.54) is 25.7 Å². The van der Waals surface area contributed by atoms with Gasteiger partial charge in [-0.25, -0.2) is 0 Å². The SMILES string of the molecule is OC1(C2CC2)CN(CC2COC3(CCCC3)O2)C1. The van der Waals surface area contributed by atoms with Crippen molar-refractivity contribution in [3.05, 3.63) is 0 Å². The van der Waals surface area contributed by atoms with Crippen LogP contribution in [0.2, 0.25) is 0 Å². The number of aliphatic hydroxyl groups is 1. The molecule has 2 heterocycles. The van der Waals surface area contributed by atoms with Crippen LogP contribution in [-0.4, -0.2) is 53.7 Å². The summed E-state index contributed by atoms with van der Waals surface area (Å²) in [7, 11) is 0. The molecule has 1 unspecified atom stereocenters. The first-order chi connectivity index (χ1) is 8.68. The van der Waals surface area contributed by atoms with Gasteiger partial charge in [-0.2, -0.15) is 0 Å². The molecule has 18 heavy (non-hydrogen) atoms. The first-order valence-corrected chi connectivity index (χ1v) is 7.44.